The number of rotatable bonds is 1. The van der Waals surface area contributed by atoms with Gasteiger partial charge >= 0.3 is 0 Å². The highest BCUT2D eigenvalue weighted by atomic mass is 13.9. The van der Waals surface area contributed by atoms with Gasteiger partial charge < -0.3 is 0 Å². The van der Waals surface area contributed by atoms with Crippen LogP contribution >= 0.6 is 0 Å². The second-order valence-corrected chi connectivity index (χ2v) is 1.83. The Labute approximate surface area is 65.0 Å². The molecule has 0 atom stereocenters. The molecular formula is C9H12. The average Bonchev–Trinajstić information content (AvgIpc) is 1.99. The van der Waals surface area contributed by atoms with E-state index in [9.17, 15) is 0 Å². The van der Waals surface area contributed by atoms with E-state index < -0.39 is 13.7 Å². The van der Waals surface area contributed by atoms with Crippen molar-refractivity contribution in [2.75, 3.05) is 0 Å². The quantitative estimate of drug-likeness (QED) is 0.542. The monoisotopic (exact) mass is 126 g/mol. The van der Waals surface area contributed by atoms with Crippen molar-refractivity contribution in [2.45, 2.75) is 20.1 Å². The van der Waals surface area contributed by atoms with Gasteiger partial charge in [-0.25, -0.2) is 0 Å². The molecule has 0 amide bonds. The lowest BCUT2D eigenvalue weighted by atomic mass is 10.1. The van der Waals surface area contributed by atoms with E-state index in [1.54, 1.807) is 18.2 Å². The van der Waals surface area contributed by atoms with E-state index in [2.05, 4.69) is 0 Å². The lowest BCUT2D eigenvalue weighted by molar-refractivity contribution is 1.11. The minimum atomic E-state index is -2.25. The maximum absolute atomic E-state index is 7.27. The molecule has 0 aliphatic heterocycles. The summed E-state index contributed by atoms with van der Waals surface area (Å²) < 4.78 is 43.2. The van der Waals surface area contributed by atoms with Crippen LogP contribution in [0.2, 0.25) is 0 Å². The molecule has 1 aromatic carbocycles. The van der Waals surface area contributed by atoms with E-state index in [-0.39, 0.29) is 12.0 Å². The Morgan fingerprint density at radius 3 is 3.11 bits per heavy atom. The van der Waals surface area contributed by atoms with Crippen molar-refractivity contribution in [2.24, 2.45) is 0 Å². The van der Waals surface area contributed by atoms with Crippen LogP contribution in [-0.2, 0) is 6.42 Å². The van der Waals surface area contributed by atoms with Crippen molar-refractivity contribution in [3.05, 3.63) is 35.4 Å². The molecule has 0 aromatic heterocycles. The van der Waals surface area contributed by atoms with Gasteiger partial charge in [0.15, 0.2) is 0 Å². The molecule has 0 heteroatoms. The largest absolute Gasteiger partial charge is 0.0620 e. The van der Waals surface area contributed by atoms with Crippen LogP contribution < -0.4 is 0 Å². The molecule has 48 valence electrons. The van der Waals surface area contributed by atoms with E-state index in [1.807, 2.05) is 0 Å². The topological polar surface area (TPSA) is 0 Å². The van der Waals surface area contributed by atoms with Gasteiger partial charge in [-0.15, -0.1) is 0 Å². The van der Waals surface area contributed by atoms with Gasteiger partial charge in [-0.1, -0.05) is 31.1 Å². The van der Waals surface area contributed by atoms with Crippen molar-refractivity contribution < 1.29 is 8.22 Å². The predicted octanol–water partition coefficient (Wildman–Crippen LogP) is 2.56. The fourth-order valence-electron chi connectivity index (χ4n) is 0.674. The first-order chi connectivity index (χ1) is 6.70. The van der Waals surface area contributed by atoms with Crippen LogP contribution in [0.1, 0.15) is 26.2 Å². The molecule has 0 aliphatic carbocycles. The van der Waals surface area contributed by atoms with E-state index in [4.69, 9.17) is 8.22 Å². The maximum Gasteiger partial charge on any atom is 0.0280 e. The molecule has 0 heterocycles. The van der Waals surface area contributed by atoms with Crippen LogP contribution in [0.5, 0.6) is 0 Å². The molecule has 9 heavy (non-hydrogen) atoms. The van der Waals surface area contributed by atoms with Crippen LogP contribution in [0.3, 0.4) is 0 Å². The maximum atomic E-state index is 7.27. The standard InChI is InChI=1S/C9H12/c1-3-9-7-5-4-6-8(9)2/h4-7H,3H2,1-2H3/i1D3,2D3. The molecule has 0 fully saturated rings. The van der Waals surface area contributed by atoms with Gasteiger partial charge in [0.05, 0.1) is 0 Å². The predicted molar refractivity (Wildman–Crippen MR) is 40.6 cm³/mol. The number of hydrogen-bond donors (Lipinski definition) is 0. The third kappa shape index (κ3) is 1.32. The van der Waals surface area contributed by atoms with Gasteiger partial charge in [0.25, 0.3) is 0 Å². The molecule has 1 aromatic rings. The average molecular weight is 126 g/mol. The molecule has 0 unspecified atom stereocenters. The summed E-state index contributed by atoms with van der Waals surface area (Å²) in [6.45, 7) is -4.39. The van der Waals surface area contributed by atoms with E-state index in [0.29, 0.717) is 5.56 Å². The van der Waals surface area contributed by atoms with Gasteiger partial charge in [-0.05, 0) is 24.4 Å². The van der Waals surface area contributed by atoms with Crippen molar-refractivity contribution >= 4 is 0 Å². The summed E-state index contributed by atoms with van der Waals surface area (Å²) >= 11 is 0. The zero-order valence-corrected chi connectivity index (χ0v) is 5.02. The molecule has 0 nitrogen and oxygen atoms in total. The first kappa shape index (κ1) is 2.12. The van der Waals surface area contributed by atoms with Gasteiger partial charge in [0.1, 0.15) is 0 Å². The summed E-state index contributed by atoms with van der Waals surface area (Å²) in [4.78, 5) is 0. The SMILES string of the molecule is [2H]C([2H])([2H])Cc1ccccc1C([2H])([2H])[2H]. The van der Waals surface area contributed by atoms with Gasteiger partial charge in [-0.2, -0.15) is 0 Å². The summed E-state index contributed by atoms with van der Waals surface area (Å²) in [5.74, 6) is 0. The van der Waals surface area contributed by atoms with Crippen LogP contribution in [0.25, 0.3) is 0 Å². The Balaban J connectivity index is 3.08. The third-order valence-electron chi connectivity index (χ3n) is 1.21. The fourth-order valence-corrected chi connectivity index (χ4v) is 0.674. The second kappa shape index (κ2) is 2.67. The normalized spacial score (nSPS) is 22.2. The number of aryl methyl sites for hydroxylation is 2. The summed E-state index contributed by atoms with van der Waals surface area (Å²) in [6, 6.07) is 6.25. The fraction of sp³-hybridized carbons (Fsp3) is 0.333. The lowest BCUT2D eigenvalue weighted by Gasteiger charge is -1.98. The summed E-state index contributed by atoms with van der Waals surface area (Å²) in [6.07, 6.45) is -0.207. The molecule has 0 radical (unpaired) electrons. The molecular weight excluding hydrogens is 108 g/mol. The summed E-state index contributed by atoms with van der Waals surface area (Å²) in [7, 11) is 0. The third-order valence-corrected chi connectivity index (χ3v) is 1.21. The Morgan fingerprint density at radius 2 is 2.33 bits per heavy atom. The minimum Gasteiger partial charge on any atom is -0.0620 e. The molecule has 0 bridgehead atoms. The first-order valence-electron chi connectivity index (χ1n) is 5.78. The Kier molecular flexibility index (Phi) is 0.630. The molecule has 0 spiro atoms. The van der Waals surface area contributed by atoms with Crippen molar-refractivity contribution in [1.29, 1.82) is 0 Å². The van der Waals surface area contributed by atoms with Crippen LogP contribution in [0.15, 0.2) is 24.3 Å². The Bertz CT molecular complexity index is 335. The first-order valence-corrected chi connectivity index (χ1v) is 2.78. The van der Waals surface area contributed by atoms with Gasteiger partial charge in [0, 0.05) is 8.22 Å². The van der Waals surface area contributed by atoms with E-state index in [1.165, 1.54) is 6.07 Å². The molecule has 0 aliphatic rings. The lowest BCUT2D eigenvalue weighted by Crippen LogP contribution is -1.82. The molecule has 0 saturated carbocycles. The second-order valence-electron chi connectivity index (χ2n) is 1.83. The molecule has 0 saturated heterocycles. The highest BCUT2D eigenvalue weighted by Crippen LogP contribution is 2.06. The van der Waals surface area contributed by atoms with E-state index >= 15 is 0 Å². The van der Waals surface area contributed by atoms with E-state index in [0.717, 1.165) is 0 Å². The zero-order valence-electron chi connectivity index (χ0n) is 11.0. The Morgan fingerprint density at radius 1 is 1.44 bits per heavy atom. The smallest absolute Gasteiger partial charge is 0.0280 e. The highest BCUT2D eigenvalue weighted by molar-refractivity contribution is 5.24. The van der Waals surface area contributed by atoms with Crippen molar-refractivity contribution in [3.8, 4) is 0 Å². The zero-order chi connectivity index (χ0) is 11.7. The summed E-state index contributed by atoms with van der Waals surface area (Å²) in [5, 5.41) is 0. The van der Waals surface area contributed by atoms with Crippen LogP contribution in [0.4, 0.5) is 0 Å². The number of benzene rings is 1. The highest BCUT2D eigenvalue weighted by Gasteiger charge is 1.89. The molecule has 0 N–H and O–H groups in total. The van der Waals surface area contributed by atoms with Crippen LogP contribution in [0, 0.1) is 6.85 Å². The van der Waals surface area contributed by atoms with Crippen molar-refractivity contribution in [1.82, 2.24) is 0 Å². The van der Waals surface area contributed by atoms with Crippen molar-refractivity contribution in [3.63, 3.8) is 0 Å². The molecule has 1 rings (SSSR count). The van der Waals surface area contributed by atoms with Gasteiger partial charge in [-0.3, -0.25) is 0 Å². The van der Waals surface area contributed by atoms with Gasteiger partial charge in [0.2, 0.25) is 0 Å². The number of hydrogen-bond acceptors (Lipinski definition) is 0. The minimum absolute atomic E-state index is 0.126. The summed E-state index contributed by atoms with van der Waals surface area (Å²) in [5.41, 5.74) is 0.499. The van der Waals surface area contributed by atoms with Crippen LogP contribution in [-0.4, -0.2) is 0 Å². The Hall–Kier alpha value is -0.780.